The zero-order valence-electron chi connectivity index (χ0n) is 11.0. The average molecular weight is 342 g/mol. The van der Waals surface area contributed by atoms with Gasteiger partial charge >= 0.3 is 0 Å². The number of alkyl halides is 1. The molecule has 0 bridgehead atoms. The molecule has 1 amide bonds. The van der Waals surface area contributed by atoms with E-state index in [2.05, 4.69) is 33.4 Å². The molecule has 1 saturated heterocycles. The van der Waals surface area contributed by atoms with E-state index in [0.29, 0.717) is 0 Å². The Hall–Kier alpha value is -0.480. The lowest BCUT2D eigenvalue weighted by molar-refractivity contribution is -0.115. The van der Waals surface area contributed by atoms with Crippen molar-refractivity contribution in [1.82, 2.24) is 0 Å². The van der Waals surface area contributed by atoms with Crippen LogP contribution in [0.25, 0.3) is 0 Å². The van der Waals surface area contributed by atoms with Gasteiger partial charge in [-0.05, 0) is 49.1 Å². The third-order valence-electron chi connectivity index (χ3n) is 3.27. The second-order valence-corrected chi connectivity index (χ2v) is 6.94. The van der Waals surface area contributed by atoms with Gasteiger partial charge in [-0.2, -0.15) is 0 Å². The molecule has 1 aliphatic rings. The van der Waals surface area contributed by atoms with E-state index in [1.54, 1.807) is 11.8 Å². The van der Waals surface area contributed by atoms with Crippen LogP contribution >= 0.6 is 27.7 Å². The number of rotatable bonds is 5. The Labute approximate surface area is 127 Å². The molecule has 104 valence electrons. The summed E-state index contributed by atoms with van der Waals surface area (Å²) in [7, 11) is 0. The molecule has 1 aromatic carbocycles. The van der Waals surface area contributed by atoms with Gasteiger partial charge < -0.3 is 5.32 Å². The van der Waals surface area contributed by atoms with Crippen molar-refractivity contribution in [2.24, 2.45) is 0 Å². The molecule has 0 saturated carbocycles. The smallest absolute Gasteiger partial charge is 0.237 e. The van der Waals surface area contributed by atoms with E-state index in [9.17, 15) is 4.79 Å². The van der Waals surface area contributed by atoms with Crippen molar-refractivity contribution in [3.05, 3.63) is 29.8 Å². The first-order chi connectivity index (χ1) is 9.29. The molecule has 19 heavy (non-hydrogen) atoms. The largest absolute Gasteiger partial charge is 0.325 e. The summed E-state index contributed by atoms with van der Waals surface area (Å²) < 4.78 is 0. The predicted molar refractivity (Wildman–Crippen MR) is 87.3 cm³/mol. The fourth-order valence-electron chi connectivity index (χ4n) is 2.25. The van der Waals surface area contributed by atoms with E-state index >= 15 is 0 Å². The summed E-state index contributed by atoms with van der Waals surface area (Å²) in [6.45, 7) is 0. The van der Waals surface area contributed by atoms with Crippen molar-refractivity contribution in [2.75, 3.05) is 16.4 Å². The molecule has 0 aromatic heterocycles. The maximum atomic E-state index is 12.2. The number of anilines is 1. The van der Waals surface area contributed by atoms with Crippen LogP contribution in [0.15, 0.2) is 24.3 Å². The number of hydrogen-bond acceptors (Lipinski definition) is 2. The lowest BCUT2D eigenvalue weighted by atomic mass is 10.1. The molecule has 1 fully saturated rings. The standard InChI is InChI=1S/C15H20BrNOS/c16-9-4-6-12-5-3-7-13(11-12)17-15(18)14-8-1-2-10-19-14/h3,5,7,11,14H,1-2,4,6,8-10H2,(H,17,18). The van der Waals surface area contributed by atoms with Gasteiger partial charge in [0.2, 0.25) is 5.91 Å². The molecule has 0 spiro atoms. The third-order valence-corrected chi connectivity index (χ3v) is 5.20. The normalized spacial score (nSPS) is 19.1. The zero-order chi connectivity index (χ0) is 13.5. The van der Waals surface area contributed by atoms with Crippen LogP contribution in [0.4, 0.5) is 5.69 Å². The molecule has 0 radical (unpaired) electrons. The van der Waals surface area contributed by atoms with Crippen molar-refractivity contribution in [2.45, 2.75) is 37.4 Å². The first-order valence-electron chi connectivity index (χ1n) is 6.87. The fourth-order valence-corrected chi connectivity index (χ4v) is 3.73. The van der Waals surface area contributed by atoms with Gasteiger partial charge in [0.1, 0.15) is 0 Å². The van der Waals surface area contributed by atoms with E-state index < -0.39 is 0 Å². The van der Waals surface area contributed by atoms with Gasteiger partial charge in [-0.25, -0.2) is 0 Å². The Balaban J connectivity index is 1.92. The molecular formula is C15H20BrNOS. The quantitative estimate of drug-likeness (QED) is 0.811. The lowest BCUT2D eigenvalue weighted by Gasteiger charge is -2.20. The minimum atomic E-state index is 0.139. The Bertz CT molecular complexity index is 418. The second kappa shape index (κ2) is 7.95. The van der Waals surface area contributed by atoms with Gasteiger partial charge in [0.05, 0.1) is 5.25 Å². The monoisotopic (exact) mass is 341 g/mol. The number of aryl methyl sites for hydroxylation is 1. The highest BCUT2D eigenvalue weighted by atomic mass is 79.9. The molecule has 1 N–H and O–H groups in total. The molecule has 4 heteroatoms. The van der Waals surface area contributed by atoms with Crippen LogP contribution in [0, 0.1) is 0 Å². The summed E-state index contributed by atoms with van der Waals surface area (Å²) >= 11 is 5.24. The van der Waals surface area contributed by atoms with Gasteiger partial charge in [0, 0.05) is 11.0 Å². The molecule has 1 aromatic rings. The number of carbonyl (C=O) groups is 1. The van der Waals surface area contributed by atoms with Crippen LogP contribution in [-0.4, -0.2) is 22.2 Å². The van der Waals surface area contributed by atoms with E-state index in [4.69, 9.17) is 0 Å². The van der Waals surface area contributed by atoms with Gasteiger partial charge in [-0.1, -0.05) is 34.5 Å². The van der Waals surface area contributed by atoms with Gasteiger partial charge in [-0.15, -0.1) is 11.8 Å². The first-order valence-corrected chi connectivity index (χ1v) is 9.04. The van der Waals surface area contributed by atoms with Gasteiger partial charge in [-0.3, -0.25) is 4.79 Å². The maximum absolute atomic E-state index is 12.2. The minimum Gasteiger partial charge on any atom is -0.325 e. The Morgan fingerprint density at radius 2 is 2.32 bits per heavy atom. The number of halogens is 1. The van der Waals surface area contributed by atoms with Crippen molar-refractivity contribution in [3.8, 4) is 0 Å². The summed E-state index contributed by atoms with van der Waals surface area (Å²) in [5, 5.41) is 4.21. The number of thioether (sulfide) groups is 1. The van der Waals surface area contributed by atoms with E-state index in [-0.39, 0.29) is 11.2 Å². The Kier molecular flexibility index (Phi) is 6.24. The SMILES string of the molecule is O=C(Nc1cccc(CCCBr)c1)C1CCCCS1. The van der Waals surface area contributed by atoms with Crippen LogP contribution in [0.5, 0.6) is 0 Å². The summed E-state index contributed by atoms with van der Waals surface area (Å²) in [6, 6.07) is 8.21. The van der Waals surface area contributed by atoms with Crippen molar-refractivity contribution < 1.29 is 4.79 Å². The highest BCUT2D eigenvalue weighted by molar-refractivity contribution is 9.09. The average Bonchev–Trinajstić information content (AvgIpc) is 2.46. The predicted octanol–water partition coefficient (Wildman–Crippen LogP) is 4.24. The van der Waals surface area contributed by atoms with Crippen molar-refractivity contribution in [1.29, 1.82) is 0 Å². The zero-order valence-corrected chi connectivity index (χ0v) is 13.4. The number of nitrogens with one attached hydrogen (secondary N) is 1. The molecule has 2 nitrogen and oxygen atoms in total. The van der Waals surface area contributed by atoms with Crippen LogP contribution in [0.1, 0.15) is 31.2 Å². The number of hydrogen-bond donors (Lipinski definition) is 1. The van der Waals surface area contributed by atoms with Crippen LogP contribution in [0.3, 0.4) is 0 Å². The van der Waals surface area contributed by atoms with Crippen LogP contribution < -0.4 is 5.32 Å². The van der Waals surface area contributed by atoms with Crippen molar-refractivity contribution in [3.63, 3.8) is 0 Å². The maximum Gasteiger partial charge on any atom is 0.237 e. The highest BCUT2D eigenvalue weighted by Gasteiger charge is 2.21. The highest BCUT2D eigenvalue weighted by Crippen LogP contribution is 2.26. The summed E-state index contributed by atoms with van der Waals surface area (Å²) in [4.78, 5) is 12.2. The molecular weight excluding hydrogens is 322 g/mol. The summed E-state index contributed by atoms with van der Waals surface area (Å²) in [5.41, 5.74) is 2.22. The van der Waals surface area contributed by atoms with Crippen LogP contribution in [-0.2, 0) is 11.2 Å². The summed E-state index contributed by atoms with van der Waals surface area (Å²) in [5.74, 6) is 1.28. The Morgan fingerprint density at radius 3 is 3.05 bits per heavy atom. The molecule has 1 heterocycles. The van der Waals surface area contributed by atoms with E-state index in [0.717, 1.165) is 36.0 Å². The first kappa shape index (κ1) is 14.9. The fraction of sp³-hybridized carbons (Fsp3) is 0.533. The van der Waals surface area contributed by atoms with Gasteiger partial charge in [0.25, 0.3) is 0 Å². The van der Waals surface area contributed by atoms with E-state index in [1.807, 2.05) is 12.1 Å². The second-order valence-electron chi connectivity index (χ2n) is 4.84. The molecule has 0 aliphatic carbocycles. The third kappa shape index (κ3) is 4.84. The van der Waals surface area contributed by atoms with Crippen molar-refractivity contribution >= 4 is 39.3 Å². The number of carbonyl (C=O) groups excluding carboxylic acids is 1. The molecule has 1 aliphatic heterocycles. The molecule has 1 unspecified atom stereocenters. The van der Waals surface area contributed by atoms with Gasteiger partial charge in [0.15, 0.2) is 0 Å². The Morgan fingerprint density at radius 1 is 1.42 bits per heavy atom. The number of benzene rings is 1. The molecule has 2 rings (SSSR count). The van der Waals surface area contributed by atoms with Crippen LogP contribution in [0.2, 0.25) is 0 Å². The van der Waals surface area contributed by atoms with E-state index in [1.165, 1.54) is 18.4 Å². The number of amides is 1. The summed E-state index contributed by atoms with van der Waals surface area (Å²) in [6.07, 6.45) is 5.61. The topological polar surface area (TPSA) is 29.1 Å². The molecule has 1 atom stereocenters. The lowest BCUT2D eigenvalue weighted by Crippen LogP contribution is -2.27. The minimum absolute atomic E-state index is 0.139.